The molecule has 1 aliphatic rings. The van der Waals surface area contributed by atoms with Gasteiger partial charge < -0.3 is 14.2 Å². The lowest BCUT2D eigenvalue weighted by Crippen LogP contribution is -2.18. The van der Waals surface area contributed by atoms with Gasteiger partial charge in [-0.25, -0.2) is 0 Å². The first-order valence-corrected chi connectivity index (χ1v) is 7.92. The highest BCUT2D eigenvalue weighted by molar-refractivity contribution is 5.87. The summed E-state index contributed by atoms with van der Waals surface area (Å²) in [6, 6.07) is 12.6. The van der Waals surface area contributed by atoms with Crippen molar-refractivity contribution in [2.24, 2.45) is 0 Å². The largest absolute Gasteiger partial charge is 0.485 e. The fourth-order valence-corrected chi connectivity index (χ4v) is 2.70. The molecule has 25 heavy (non-hydrogen) atoms. The molecule has 1 heterocycles. The molecule has 5 heteroatoms. The van der Waals surface area contributed by atoms with E-state index >= 15 is 0 Å². The molecule has 1 atom stereocenters. The van der Waals surface area contributed by atoms with Gasteiger partial charge in [0.05, 0.1) is 0 Å². The molecule has 2 aromatic carbocycles. The lowest BCUT2D eigenvalue weighted by atomic mass is 9.96. The molecule has 128 valence electrons. The van der Waals surface area contributed by atoms with E-state index in [1.807, 2.05) is 31.2 Å². The van der Waals surface area contributed by atoms with E-state index in [0.29, 0.717) is 17.2 Å². The van der Waals surface area contributed by atoms with E-state index in [4.69, 9.17) is 14.2 Å². The summed E-state index contributed by atoms with van der Waals surface area (Å²) in [7, 11) is 0. The highest BCUT2D eigenvalue weighted by Crippen LogP contribution is 2.36. The van der Waals surface area contributed by atoms with Crippen LogP contribution in [0.5, 0.6) is 17.2 Å². The van der Waals surface area contributed by atoms with Crippen LogP contribution in [0, 0.1) is 0 Å². The van der Waals surface area contributed by atoms with Crippen LogP contribution in [0.25, 0.3) is 11.6 Å². The van der Waals surface area contributed by atoms with Gasteiger partial charge in [0, 0.05) is 25.5 Å². The Hall–Kier alpha value is -3.08. The van der Waals surface area contributed by atoms with Gasteiger partial charge in [0.1, 0.15) is 23.4 Å². The Morgan fingerprint density at radius 3 is 2.16 bits per heavy atom. The summed E-state index contributed by atoms with van der Waals surface area (Å²) in [5.74, 6) is 0.923. The highest BCUT2D eigenvalue weighted by Gasteiger charge is 2.21. The first-order chi connectivity index (χ1) is 11.9. The van der Waals surface area contributed by atoms with Gasteiger partial charge in [-0.2, -0.15) is 0 Å². The van der Waals surface area contributed by atoms with E-state index in [2.05, 4.69) is 0 Å². The summed E-state index contributed by atoms with van der Waals surface area (Å²) in [4.78, 5) is 22.1. The molecule has 5 nitrogen and oxygen atoms in total. The molecule has 0 saturated carbocycles. The van der Waals surface area contributed by atoms with Crippen LogP contribution in [-0.2, 0) is 9.59 Å². The Morgan fingerprint density at radius 1 is 0.920 bits per heavy atom. The van der Waals surface area contributed by atoms with Crippen molar-refractivity contribution >= 4 is 23.6 Å². The van der Waals surface area contributed by atoms with Crippen LogP contribution in [0.4, 0.5) is 0 Å². The minimum Gasteiger partial charge on any atom is -0.485 e. The van der Waals surface area contributed by atoms with Crippen LogP contribution < -0.4 is 14.2 Å². The standard InChI is InChI=1S/C20H18O5/c1-12-19(15-4-7-17(8-5-15)24-13(2)21)10-16-6-9-18(25-14(3)22)11-20(16)23-12/h4-12H,1-3H3. The van der Waals surface area contributed by atoms with E-state index in [1.165, 1.54) is 13.8 Å². The molecular weight excluding hydrogens is 320 g/mol. The first kappa shape index (κ1) is 16.8. The van der Waals surface area contributed by atoms with Gasteiger partial charge in [-0.15, -0.1) is 0 Å². The van der Waals surface area contributed by atoms with Crippen LogP contribution in [0.1, 0.15) is 31.9 Å². The molecule has 2 aromatic rings. The number of rotatable bonds is 3. The number of esters is 2. The number of carbonyl (C=O) groups excluding carboxylic acids is 2. The molecule has 3 rings (SSSR count). The molecule has 1 unspecified atom stereocenters. The van der Waals surface area contributed by atoms with Crippen LogP contribution in [0.15, 0.2) is 42.5 Å². The second kappa shape index (κ2) is 6.81. The van der Waals surface area contributed by atoms with Crippen molar-refractivity contribution in [3.8, 4) is 17.2 Å². The van der Waals surface area contributed by atoms with Crippen LogP contribution >= 0.6 is 0 Å². The normalized spacial score (nSPS) is 15.5. The van der Waals surface area contributed by atoms with Gasteiger partial charge in [-0.05, 0) is 48.4 Å². The molecule has 0 aliphatic carbocycles. The highest BCUT2D eigenvalue weighted by atomic mass is 16.5. The molecule has 0 fully saturated rings. The minimum atomic E-state index is -0.368. The molecule has 0 N–H and O–H groups in total. The average Bonchev–Trinajstić information content (AvgIpc) is 2.54. The Kier molecular flexibility index (Phi) is 4.57. The fourth-order valence-electron chi connectivity index (χ4n) is 2.70. The number of fused-ring (bicyclic) bond motifs is 1. The van der Waals surface area contributed by atoms with E-state index in [1.54, 1.807) is 24.3 Å². The third kappa shape index (κ3) is 3.88. The maximum absolute atomic E-state index is 11.1. The van der Waals surface area contributed by atoms with Gasteiger partial charge in [-0.3, -0.25) is 9.59 Å². The quantitative estimate of drug-likeness (QED) is 0.628. The van der Waals surface area contributed by atoms with Gasteiger partial charge in [0.2, 0.25) is 0 Å². The van der Waals surface area contributed by atoms with Crippen molar-refractivity contribution in [1.82, 2.24) is 0 Å². The predicted molar refractivity (Wildman–Crippen MR) is 93.5 cm³/mol. The number of carbonyl (C=O) groups is 2. The molecule has 1 aliphatic heterocycles. The molecule has 0 bridgehead atoms. The van der Waals surface area contributed by atoms with Crippen molar-refractivity contribution in [3.05, 3.63) is 53.6 Å². The van der Waals surface area contributed by atoms with E-state index in [9.17, 15) is 9.59 Å². The van der Waals surface area contributed by atoms with Crippen molar-refractivity contribution in [3.63, 3.8) is 0 Å². The second-order valence-electron chi connectivity index (χ2n) is 5.77. The molecule has 0 amide bonds. The van der Waals surface area contributed by atoms with Crippen molar-refractivity contribution < 1.29 is 23.8 Å². The monoisotopic (exact) mass is 338 g/mol. The second-order valence-corrected chi connectivity index (χ2v) is 5.77. The number of hydrogen-bond donors (Lipinski definition) is 0. The Bertz CT molecular complexity index is 849. The van der Waals surface area contributed by atoms with Crippen LogP contribution in [0.3, 0.4) is 0 Å². The fraction of sp³-hybridized carbons (Fsp3) is 0.200. The number of benzene rings is 2. The summed E-state index contributed by atoms with van der Waals surface area (Å²) in [5.41, 5.74) is 2.91. The smallest absolute Gasteiger partial charge is 0.308 e. The zero-order chi connectivity index (χ0) is 18.0. The Labute approximate surface area is 145 Å². The van der Waals surface area contributed by atoms with Crippen LogP contribution in [-0.4, -0.2) is 18.0 Å². The maximum atomic E-state index is 11.1. The van der Waals surface area contributed by atoms with Crippen LogP contribution in [0.2, 0.25) is 0 Å². The zero-order valence-corrected chi connectivity index (χ0v) is 14.2. The molecule has 0 saturated heterocycles. The lowest BCUT2D eigenvalue weighted by Gasteiger charge is -2.25. The topological polar surface area (TPSA) is 61.8 Å². The van der Waals surface area contributed by atoms with E-state index in [-0.39, 0.29) is 18.0 Å². The summed E-state index contributed by atoms with van der Waals surface area (Å²) in [6.07, 6.45) is 1.88. The maximum Gasteiger partial charge on any atom is 0.308 e. The predicted octanol–water partition coefficient (Wildman–Crippen LogP) is 3.86. The summed E-state index contributed by atoms with van der Waals surface area (Å²) in [6.45, 7) is 4.68. The summed E-state index contributed by atoms with van der Waals surface area (Å²) >= 11 is 0. The van der Waals surface area contributed by atoms with E-state index in [0.717, 1.165) is 16.7 Å². The van der Waals surface area contributed by atoms with Gasteiger partial charge in [0.25, 0.3) is 0 Å². The Balaban J connectivity index is 1.89. The average molecular weight is 338 g/mol. The van der Waals surface area contributed by atoms with Crippen molar-refractivity contribution in [2.45, 2.75) is 26.9 Å². The summed E-state index contributed by atoms with van der Waals surface area (Å²) in [5, 5.41) is 0. The lowest BCUT2D eigenvalue weighted by molar-refractivity contribution is -0.132. The SMILES string of the molecule is CC(=O)Oc1ccc(C2=Cc3ccc(OC(C)=O)cc3OC2C)cc1. The minimum absolute atomic E-state index is 0.167. The zero-order valence-electron chi connectivity index (χ0n) is 14.2. The van der Waals surface area contributed by atoms with Gasteiger partial charge in [0.15, 0.2) is 0 Å². The van der Waals surface area contributed by atoms with Crippen molar-refractivity contribution in [2.75, 3.05) is 0 Å². The third-order valence-corrected chi connectivity index (χ3v) is 3.75. The third-order valence-electron chi connectivity index (χ3n) is 3.75. The first-order valence-electron chi connectivity index (χ1n) is 7.92. The number of hydrogen-bond acceptors (Lipinski definition) is 5. The van der Waals surface area contributed by atoms with E-state index < -0.39 is 0 Å². The number of ether oxygens (including phenoxy) is 3. The van der Waals surface area contributed by atoms with Gasteiger partial charge in [-0.1, -0.05) is 12.1 Å². The molecular formula is C20H18O5. The molecule has 0 spiro atoms. The Morgan fingerprint density at radius 2 is 1.52 bits per heavy atom. The molecule has 0 radical (unpaired) electrons. The van der Waals surface area contributed by atoms with Gasteiger partial charge >= 0.3 is 11.9 Å². The summed E-state index contributed by atoms with van der Waals surface area (Å²) < 4.78 is 16.1. The van der Waals surface area contributed by atoms with Crippen molar-refractivity contribution in [1.29, 1.82) is 0 Å². The molecule has 0 aromatic heterocycles.